The molecule has 1 aliphatic heterocycles. The maximum atomic E-state index is 12.8. The van der Waals surface area contributed by atoms with Gasteiger partial charge in [-0.15, -0.1) is 0 Å². The highest BCUT2D eigenvalue weighted by molar-refractivity contribution is 9.10. The second-order valence-electron chi connectivity index (χ2n) is 6.74. The lowest BCUT2D eigenvalue weighted by molar-refractivity contribution is 0.0590. The van der Waals surface area contributed by atoms with Crippen LogP contribution in [0.1, 0.15) is 17.4 Å². The molecule has 0 saturated carbocycles. The molecule has 0 amide bonds. The van der Waals surface area contributed by atoms with Crippen LogP contribution in [0.15, 0.2) is 63.0 Å². The lowest BCUT2D eigenvalue weighted by atomic mass is 10.1. The molecule has 0 bridgehead atoms. The number of esters is 1. The van der Waals surface area contributed by atoms with Crippen molar-refractivity contribution in [3.63, 3.8) is 0 Å². The van der Waals surface area contributed by atoms with E-state index in [0.29, 0.717) is 23.1 Å². The highest BCUT2D eigenvalue weighted by Gasteiger charge is 2.30. The number of aliphatic imine (C=N–C) groups is 1. The minimum absolute atomic E-state index is 0.406. The molecule has 30 heavy (non-hydrogen) atoms. The Bertz CT molecular complexity index is 1350. The number of aromatic nitrogens is 2. The van der Waals surface area contributed by atoms with Gasteiger partial charge in [0.15, 0.2) is 10.9 Å². The molecule has 6 nitrogen and oxygen atoms in total. The molecule has 5 rings (SSSR count). The number of ether oxygens (including phenoxy) is 1. The molecule has 0 saturated heterocycles. The molecule has 2 aromatic carbocycles. The maximum absolute atomic E-state index is 12.8. The maximum Gasteiger partial charge on any atom is 0.356 e. The van der Waals surface area contributed by atoms with E-state index >= 15 is 0 Å². The van der Waals surface area contributed by atoms with Gasteiger partial charge < -0.3 is 14.6 Å². The lowest BCUT2D eigenvalue weighted by Gasteiger charge is -2.15. The fourth-order valence-corrected chi connectivity index (χ4v) is 4.95. The van der Waals surface area contributed by atoms with Gasteiger partial charge in [-0.25, -0.2) is 14.8 Å². The quantitative estimate of drug-likeness (QED) is 0.366. The number of methoxy groups -OCH3 is 1. The Morgan fingerprint density at radius 2 is 1.97 bits per heavy atom. The summed E-state index contributed by atoms with van der Waals surface area (Å²) in [4.78, 5) is 22.5. The smallest absolute Gasteiger partial charge is 0.356 e. The van der Waals surface area contributed by atoms with Crippen LogP contribution in [0.4, 0.5) is 11.4 Å². The largest absolute Gasteiger partial charge is 0.464 e. The third-order valence-electron chi connectivity index (χ3n) is 5.03. The van der Waals surface area contributed by atoms with Crippen molar-refractivity contribution in [1.82, 2.24) is 9.55 Å². The zero-order chi connectivity index (χ0) is 20.8. The van der Waals surface area contributed by atoms with E-state index in [0.717, 1.165) is 37.0 Å². The number of pyridine rings is 1. The number of nitrogens with one attached hydrogen (secondary N) is 1. The van der Waals surface area contributed by atoms with Gasteiger partial charge >= 0.3 is 5.97 Å². The van der Waals surface area contributed by atoms with Crippen molar-refractivity contribution in [2.24, 2.45) is 4.99 Å². The fourth-order valence-electron chi connectivity index (χ4n) is 3.75. The second-order valence-corrected chi connectivity index (χ2v) is 8.63. The Hall–Kier alpha value is -2.84. The predicted molar refractivity (Wildman–Crippen MR) is 125 cm³/mol. The van der Waals surface area contributed by atoms with Gasteiger partial charge in [0.2, 0.25) is 0 Å². The van der Waals surface area contributed by atoms with Crippen LogP contribution >= 0.6 is 27.7 Å². The first-order valence-corrected chi connectivity index (χ1v) is 11.0. The highest BCUT2D eigenvalue weighted by atomic mass is 79.9. The van der Waals surface area contributed by atoms with Crippen LogP contribution in [0.2, 0.25) is 0 Å². The van der Waals surface area contributed by atoms with E-state index in [-0.39, 0.29) is 0 Å². The number of hydrogen-bond donors (Lipinski definition) is 1. The molecule has 0 unspecified atom stereocenters. The summed E-state index contributed by atoms with van der Waals surface area (Å²) in [6.07, 6.45) is 0. The summed E-state index contributed by atoms with van der Waals surface area (Å²) in [6.45, 7) is 2.63. The van der Waals surface area contributed by atoms with E-state index in [1.165, 1.54) is 18.9 Å². The molecule has 0 aliphatic carbocycles. The third-order valence-corrected chi connectivity index (χ3v) is 6.43. The van der Waals surface area contributed by atoms with E-state index in [4.69, 9.17) is 14.7 Å². The number of rotatable bonds is 3. The number of amidine groups is 1. The number of para-hydroxylation sites is 1. The number of thioether (sulfide) groups is 1. The van der Waals surface area contributed by atoms with Crippen LogP contribution < -0.4 is 5.32 Å². The second kappa shape index (κ2) is 7.45. The van der Waals surface area contributed by atoms with E-state index in [2.05, 4.69) is 21.2 Å². The number of anilines is 1. The van der Waals surface area contributed by atoms with Crippen LogP contribution in [-0.2, 0) is 11.3 Å². The first kappa shape index (κ1) is 19.1. The molecule has 1 N–H and O–H groups in total. The summed E-state index contributed by atoms with van der Waals surface area (Å²) >= 11 is 4.92. The van der Waals surface area contributed by atoms with E-state index in [1.54, 1.807) is 0 Å². The van der Waals surface area contributed by atoms with Gasteiger partial charge in [0, 0.05) is 22.1 Å². The number of carbonyl (C=O) groups excluding carboxylic acids is 1. The van der Waals surface area contributed by atoms with Crippen molar-refractivity contribution in [2.45, 2.75) is 18.5 Å². The number of benzene rings is 2. The number of halogens is 1. The van der Waals surface area contributed by atoms with E-state index < -0.39 is 5.97 Å². The highest BCUT2D eigenvalue weighted by Crippen LogP contribution is 2.46. The van der Waals surface area contributed by atoms with Crippen LogP contribution in [0, 0.1) is 0 Å². The number of aryl methyl sites for hydroxylation is 1. The Balaban J connectivity index is 1.78. The van der Waals surface area contributed by atoms with Gasteiger partial charge in [-0.05, 0) is 49.0 Å². The van der Waals surface area contributed by atoms with Crippen molar-refractivity contribution in [3.8, 4) is 0 Å². The summed E-state index contributed by atoms with van der Waals surface area (Å²) in [7, 11) is 1.40. The van der Waals surface area contributed by atoms with Crippen LogP contribution in [-0.4, -0.2) is 27.8 Å². The summed E-state index contributed by atoms with van der Waals surface area (Å²) in [5, 5.41) is 6.71. The van der Waals surface area contributed by atoms with Crippen molar-refractivity contribution >= 4 is 72.0 Å². The SMILES string of the molecule is CCn1c(C(=O)OC)c2c3c(nc4ccccc4c31)SC(Nc1ccc(Br)cc1)=N2. The van der Waals surface area contributed by atoms with Gasteiger partial charge in [-0.1, -0.05) is 34.1 Å². The Morgan fingerprint density at radius 1 is 1.20 bits per heavy atom. The Morgan fingerprint density at radius 3 is 2.70 bits per heavy atom. The van der Waals surface area contributed by atoms with Crippen molar-refractivity contribution in [1.29, 1.82) is 0 Å². The fraction of sp³-hybridized carbons (Fsp3) is 0.136. The number of hydrogen-bond acceptors (Lipinski definition) is 6. The first-order valence-electron chi connectivity index (χ1n) is 9.43. The molecule has 0 spiro atoms. The van der Waals surface area contributed by atoms with Crippen molar-refractivity contribution in [2.75, 3.05) is 12.4 Å². The van der Waals surface area contributed by atoms with Gasteiger partial charge in [-0.3, -0.25) is 0 Å². The first-order chi connectivity index (χ1) is 14.6. The number of nitrogens with zero attached hydrogens (tertiary/aromatic N) is 3. The number of carbonyl (C=O) groups is 1. The Labute approximate surface area is 185 Å². The van der Waals surface area contributed by atoms with Gasteiger partial charge in [-0.2, -0.15) is 0 Å². The van der Waals surface area contributed by atoms with Gasteiger partial charge in [0.1, 0.15) is 10.7 Å². The zero-order valence-electron chi connectivity index (χ0n) is 16.3. The molecule has 0 radical (unpaired) electrons. The Kier molecular flexibility index (Phi) is 4.75. The minimum atomic E-state index is -0.406. The molecule has 0 atom stereocenters. The monoisotopic (exact) mass is 480 g/mol. The number of fused-ring (bicyclic) bond motifs is 2. The minimum Gasteiger partial charge on any atom is -0.464 e. The van der Waals surface area contributed by atoms with E-state index in [9.17, 15) is 4.79 Å². The molecule has 4 aromatic rings. The topological polar surface area (TPSA) is 68.5 Å². The summed E-state index contributed by atoms with van der Waals surface area (Å²) in [5.41, 5.74) is 3.80. The van der Waals surface area contributed by atoms with Crippen LogP contribution in [0.25, 0.3) is 21.8 Å². The summed E-state index contributed by atoms with van der Waals surface area (Å²) in [5.74, 6) is -0.406. The molecule has 8 heteroatoms. The molecule has 1 aliphatic rings. The molecule has 2 aromatic heterocycles. The normalized spacial score (nSPS) is 12.8. The van der Waals surface area contributed by atoms with Crippen LogP contribution in [0.5, 0.6) is 0 Å². The average Bonchev–Trinajstić information content (AvgIpc) is 3.10. The third kappa shape index (κ3) is 2.98. The molecule has 150 valence electrons. The van der Waals surface area contributed by atoms with Gasteiger partial charge in [0.25, 0.3) is 0 Å². The summed E-state index contributed by atoms with van der Waals surface area (Å²) in [6, 6.07) is 15.8. The molecular weight excluding hydrogens is 464 g/mol. The van der Waals surface area contributed by atoms with E-state index in [1.807, 2.05) is 60.0 Å². The predicted octanol–water partition coefficient (Wildman–Crippen LogP) is 5.96. The average molecular weight is 481 g/mol. The standard InChI is InChI=1S/C22H17BrN4O2S/c1-3-27-18-14-6-4-5-7-15(14)25-20-16(18)17(19(27)21(28)29-2)26-22(30-20)24-13-10-8-12(23)9-11-13/h4-11H,3H2,1-2H3,(H,24,26). The molecule has 0 fully saturated rings. The molecular formula is C22H17BrN4O2S. The lowest BCUT2D eigenvalue weighted by Crippen LogP contribution is -2.12. The molecule has 3 heterocycles. The summed E-state index contributed by atoms with van der Waals surface area (Å²) < 4.78 is 8.09. The van der Waals surface area contributed by atoms with Gasteiger partial charge in [0.05, 0.1) is 23.5 Å². The van der Waals surface area contributed by atoms with Crippen molar-refractivity contribution < 1.29 is 9.53 Å². The van der Waals surface area contributed by atoms with Crippen LogP contribution in [0.3, 0.4) is 0 Å². The zero-order valence-corrected chi connectivity index (χ0v) is 18.7. The van der Waals surface area contributed by atoms with Crippen molar-refractivity contribution in [3.05, 3.63) is 58.7 Å².